The zero-order chi connectivity index (χ0) is 55.6. The Morgan fingerprint density at radius 3 is 1.07 bits per heavy atom. The molecule has 0 spiro atoms. The highest BCUT2D eigenvalue weighted by Crippen LogP contribution is 2.38. The van der Waals surface area contributed by atoms with Gasteiger partial charge in [0.25, 0.3) is 7.82 Å². The number of nitrogens with zero attached hydrogens (tertiary/aromatic N) is 1. The van der Waals surface area contributed by atoms with Gasteiger partial charge >= 0.3 is 0 Å². The highest BCUT2D eigenvalue weighted by molar-refractivity contribution is 7.45. The lowest BCUT2D eigenvalue weighted by atomic mass is 10.0. The molecule has 0 saturated carbocycles. The van der Waals surface area contributed by atoms with Crippen molar-refractivity contribution in [2.45, 2.75) is 334 Å². The zero-order valence-electron chi connectivity index (χ0n) is 51.2. The first-order chi connectivity index (χ1) is 37.0. The van der Waals surface area contributed by atoms with Gasteiger partial charge in [-0.05, 0) is 70.6 Å². The number of nitrogens with one attached hydrogen (secondary N) is 1. The van der Waals surface area contributed by atoms with Gasteiger partial charge in [-0.2, -0.15) is 0 Å². The number of amides is 1. The van der Waals surface area contributed by atoms with Crippen LogP contribution in [0, 0.1) is 0 Å². The summed E-state index contributed by atoms with van der Waals surface area (Å²) in [7, 11) is 1.24. The van der Waals surface area contributed by atoms with Crippen LogP contribution >= 0.6 is 7.82 Å². The zero-order valence-corrected chi connectivity index (χ0v) is 52.1. The minimum absolute atomic E-state index is 0.00869. The smallest absolute Gasteiger partial charge is 0.268 e. The molecule has 0 saturated heterocycles. The Hall–Kier alpha value is -1.54. The average molecular weight is 1090 g/mol. The van der Waals surface area contributed by atoms with E-state index in [1.165, 1.54) is 257 Å². The Kier molecular flexibility index (Phi) is 56.9. The van der Waals surface area contributed by atoms with E-state index in [0.29, 0.717) is 17.4 Å². The Balaban J connectivity index is 3.92. The van der Waals surface area contributed by atoms with Crippen LogP contribution < -0.4 is 10.2 Å². The second-order valence-electron chi connectivity index (χ2n) is 23.8. The van der Waals surface area contributed by atoms with Gasteiger partial charge in [0.15, 0.2) is 0 Å². The molecule has 0 aromatic heterocycles. The number of carbonyl (C=O) groups excluding carboxylic acids is 1. The van der Waals surface area contributed by atoms with Crippen molar-refractivity contribution >= 4 is 13.7 Å². The van der Waals surface area contributed by atoms with E-state index in [-0.39, 0.29) is 12.5 Å². The second kappa shape index (κ2) is 58.1. The van der Waals surface area contributed by atoms with Crippen LogP contribution in [0.15, 0.2) is 48.6 Å². The van der Waals surface area contributed by atoms with Crippen LogP contribution in [0.4, 0.5) is 0 Å². The molecule has 0 bridgehead atoms. The predicted octanol–water partition coefficient (Wildman–Crippen LogP) is 20.0. The van der Waals surface area contributed by atoms with Gasteiger partial charge in [0.05, 0.1) is 39.9 Å². The number of phosphoric ester groups is 1. The molecule has 76 heavy (non-hydrogen) atoms. The van der Waals surface area contributed by atoms with Crippen LogP contribution in [-0.2, 0) is 18.4 Å². The Morgan fingerprint density at radius 2 is 0.737 bits per heavy atom. The third-order valence-electron chi connectivity index (χ3n) is 15.0. The molecule has 3 unspecified atom stereocenters. The van der Waals surface area contributed by atoms with Crippen LogP contribution in [0.3, 0.4) is 0 Å². The van der Waals surface area contributed by atoms with E-state index in [2.05, 4.69) is 55.6 Å². The van der Waals surface area contributed by atoms with Crippen LogP contribution in [-0.4, -0.2) is 68.5 Å². The van der Waals surface area contributed by atoms with Gasteiger partial charge in [-0.3, -0.25) is 9.36 Å². The number of quaternary nitrogens is 1. The van der Waals surface area contributed by atoms with Gasteiger partial charge < -0.3 is 28.8 Å². The van der Waals surface area contributed by atoms with Crippen molar-refractivity contribution in [3.8, 4) is 0 Å². The minimum atomic E-state index is -4.61. The summed E-state index contributed by atoms with van der Waals surface area (Å²) in [6, 6.07) is -0.910. The number of carbonyl (C=O) groups is 1. The van der Waals surface area contributed by atoms with Crippen molar-refractivity contribution in [3.63, 3.8) is 0 Å². The van der Waals surface area contributed by atoms with Gasteiger partial charge in [0, 0.05) is 6.42 Å². The number of likely N-dealkylation sites (N-methyl/N-ethyl adjacent to an activating group) is 1. The second-order valence-corrected chi connectivity index (χ2v) is 25.2. The number of phosphoric acid groups is 1. The Labute approximate surface area is 473 Å². The molecule has 0 aromatic rings. The molecule has 8 nitrogen and oxygen atoms in total. The number of aliphatic hydroxyl groups is 1. The first-order valence-electron chi connectivity index (χ1n) is 33.0. The summed E-state index contributed by atoms with van der Waals surface area (Å²) in [5.41, 5.74) is 0. The highest BCUT2D eigenvalue weighted by Gasteiger charge is 2.23. The Bertz CT molecular complexity index is 1380. The molecule has 0 radical (unpaired) electrons. The summed E-state index contributed by atoms with van der Waals surface area (Å²) in [4.78, 5) is 25.5. The molecule has 9 heteroatoms. The first kappa shape index (κ1) is 74.5. The summed E-state index contributed by atoms with van der Waals surface area (Å²) in [6.45, 7) is 4.63. The number of allylic oxidation sites excluding steroid dienone is 7. The van der Waals surface area contributed by atoms with Gasteiger partial charge in [-0.25, -0.2) is 0 Å². The van der Waals surface area contributed by atoms with E-state index in [1.807, 2.05) is 27.2 Å². The largest absolute Gasteiger partial charge is 0.756 e. The monoisotopic (exact) mass is 1090 g/mol. The van der Waals surface area contributed by atoms with E-state index in [9.17, 15) is 19.4 Å². The van der Waals surface area contributed by atoms with Crippen LogP contribution in [0.5, 0.6) is 0 Å². The van der Waals surface area contributed by atoms with Crippen LogP contribution in [0.2, 0.25) is 0 Å². The fourth-order valence-corrected chi connectivity index (χ4v) is 10.6. The minimum Gasteiger partial charge on any atom is -0.756 e. The topological polar surface area (TPSA) is 108 Å². The average Bonchev–Trinajstić information content (AvgIpc) is 3.38. The van der Waals surface area contributed by atoms with Crippen LogP contribution in [0.25, 0.3) is 0 Å². The lowest BCUT2D eigenvalue weighted by Gasteiger charge is -2.29. The van der Waals surface area contributed by atoms with E-state index >= 15 is 0 Å². The highest BCUT2D eigenvalue weighted by atomic mass is 31.2. The van der Waals surface area contributed by atoms with E-state index < -0.39 is 26.6 Å². The fourth-order valence-electron chi connectivity index (χ4n) is 9.83. The third kappa shape index (κ3) is 60.1. The Morgan fingerprint density at radius 1 is 0.447 bits per heavy atom. The summed E-state index contributed by atoms with van der Waals surface area (Å²) < 4.78 is 23.3. The number of hydrogen-bond donors (Lipinski definition) is 2. The first-order valence-corrected chi connectivity index (χ1v) is 34.5. The van der Waals surface area contributed by atoms with Crippen LogP contribution in [0.1, 0.15) is 322 Å². The maximum Gasteiger partial charge on any atom is 0.268 e. The van der Waals surface area contributed by atoms with E-state index in [1.54, 1.807) is 6.08 Å². The van der Waals surface area contributed by atoms with E-state index in [0.717, 1.165) is 44.9 Å². The summed E-state index contributed by atoms with van der Waals surface area (Å²) >= 11 is 0. The number of aliphatic hydroxyl groups excluding tert-OH is 1. The lowest BCUT2D eigenvalue weighted by molar-refractivity contribution is -0.870. The summed E-state index contributed by atoms with van der Waals surface area (Å²) in [6.07, 6.45) is 78.2. The molecule has 0 fully saturated rings. The molecule has 0 heterocycles. The molecule has 0 rings (SSSR count). The van der Waals surface area contributed by atoms with Crippen molar-refractivity contribution < 1.29 is 32.9 Å². The van der Waals surface area contributed by atoms with Crippen molar-refractivity contribution in [1.82, 2.24) is 5.32 Å². The third-order valence-corrected chi connectivity index (χ3v) is 16.0. The standard InChI is InChI=1S/C67H129N2O6P/c1-6-8-10-12-14-16-18-20-22-23-24-25-26-27-28-29-30-31-32-33-34-35-36-37-38-39-40-41-42-43-44-45-47-49-51-53-55-57-59-61-67(71)68-65(64-75-76(72,73)74-63-62-69(3,4)5)66(70)60-58-56-54-52-50-48-46-21-19-17-15-13-11-9-7-2/h19,21,33-34,50,52,58,60,65-66,70H,6-18,20,22-32,35-49,51,53-57,59,61-64H2,1-5H3,(H-,68,71,72,73)/b21-19+,34-33-,52-50+,60-58+. The van der Waals surface area contributed by atoms with E-state index in [4.69, 9.17) is 9.05 Å². The molecular formula is C67H129N2O6P. The molecule has 448 valence electrons. The molecule has 0 aromatic carbocycles. The number of hydrogen-bond acceptors (Lipinski definition) is 6. The molecule has 1 amide bonds. The molecule has 3 atom stereocenters. The van der Waals surface area contributed by atoms with Crippen molar-refractivity contribution in [2.24, 2.45) is 0 Å². The molecule has 0 aliphatic carbocycles. The molecule has 0 aliphatic heterocycles. The van der Waals surface area contributed by atoms with Gasteiger partial charge in [-0.15, -0.1) is 0 Å². The molecule has 0 aliphatic rings. The fraction of sp³-hybridized carbons (Fsp3) is 0.866. The van der Waals surface area contributed by atoms with Crippen molar-refractivity contribution in [3.05, 3.63) is 48.6 Å². The predicted molar refractivity (Wildman–Crippen MR) is 330 cm³/mol. The quantitative estimate of drug-likeness (QED) is 0.0272. The molecule has 2 N–H and O–H groups in total. The van der Waals surface area contributed by atoms with Gasteiger partial charge in [-0.1, -0.05) is 294 Å². The van der Waals surface area contributed by atoms with Gasteiger partial charge in [0.1, 0.15) is 13.2 Å². The number of unbranched alkanes of at least 4 members (excludes halogenated alkanes) is 42. The maximum absolute atomic E-state index is 13.0. The van der Waals surface area contributed by atoms with Crippen molar-refractivity contribution in [2.75, 3.05) is 40.9 Å². The summed E-state index contributed by atoms with van der Waals surface area (Å²) in [5, 5.41) is 13.9. The molecular weight excluding hydrogens is 960 g/mol. The van der Waals surface area contributed by atoms with Gasteiger partial charge in [0.2, 0.25) is 5.91 Å². The number of rotatable bonds is 61. The summed E-state index contributed by atoms with van der Waals surface area (Å²) in [5.74, 6) is -0.208. The SMILES string of the molecule is CCCCCCC/C=C/CC/C=C/CC/C=C/C(O)C(COP(=O)([O-])OCC[N+](C)(C)C)NC(=O)CCCCCCCCCCCCCCCCCCC/C=C\CCCCCCCCCCCCCCCCCCCC. The maximum atomic E-state index is 13.0. The van der Waals surface area contributed by atoms with Crippen molar-refractivity contribution in [1.29, 1.82) is 0 Å². The lowest BCUT2D eigenvalue weighted by Crippen LogP contribution is -2.45. The normalized spacial score (nSPS) is 14.0.